The van der Waals surface area contributed by atoms with E-state index in [1.54, 1.807) is 0 Å². The summed E-state index contributed by atoms with van der Waals surface area (Å²) < 4.78 is 5.81. The normalized spacial score (nSPS) is 15.5. The monoisotopic (exact) mass is 423 g/mol. The van der Waals surface area contributed by atoms with Gasteiger partial charge in [-0.05, 0) is 42.7 Å². The number of carbonyl (C=O) groups is 1. The molecule has 3 aromatic rings. The van der Waals surface area contributed by atoms with Gasteiger partial charge in [0.25, 0.3) is 5.91 Å². The van der Waals surface area contributed by atoms with Crippen molar-refractivity contribution in [3.05, 3.63) is 70.4 Å². The van der Waals surface area contributed by atoms with Crippen LogP contribution in [-0.4, -0.2) is 34.2 Å². The summed E-state index contributed by atoms with van der Waals surface area (Å²) >= 11 is 6.06. The van der Waals surface area contributed by atoms with Crippen molar-refractivity contribution in [1.82, 2.24) is 15.1 Å². The van der Waals surface area contributed by atoms with Crippen LogP contribution in [0.25, 0.3) is 11.3 Å². The second kappa shape index (κ2) is 8.92. The van der Waals surface area contributed by atoms with Crippen molar-refractivity contribution < 1.29 is 9.53 Å². The van der Waals surface area contributed by atoms with Crippen LogP contribution in [0.2, 0.25) is 5.02 Å². The zero-order valence-corrected chi connectivity index (χ0v) is 18.1. The molecule has 0 fully saturated rings. The number of aromatic nitrogens is 2. The molecule has 1 amide bonds. The van der Waals surface area contributed by atoms with Gasteiger partial charge in [-0.3, -0.25) is 9.89 Å². The Kier molecular flexibility index (Phi) is 6.09. The van der Waals surface area contributed by atoms with E-state index in [1.807, 2.05) is 41.3 Å². The van der Waals surface area contributed by atoms with E-state index in [2.05, 4.69) is 36.2 Å². The van der Waals surface area contributed by atoms with Gasteiger partial charge in [-0.15, -0.1) is 0 Å². The van der Waals surface area contributed by atoms with E-state index in [4.69, 9.17) is 16.3 Å². The van der Waals surface area contributed by atoms with E-state index in [0.717, 1.165) is 47.4 Å². The molecule has 0 radical (unpaired) electrons. The topological polar surface area (TPSA) is 58.2 Å². The quantitative estimate of drug-likeness (QED) is 0.461. The number of unbranched alkanes of at least 4 members (excludes halogenated alkanes) is 1. The number of fused-ring (bicyclic) bond motifs is 1. The number of H-pyrrole nitrogens is 1. The van der Waals surface area contributed by atoms with E-state index in [9.17, 15) is 4.79 Å². The maximum absolute atomic E-state index is 13.1. The van der Waals surface area contributed by atoms with Gasteiger partial charge in [0, 0.05) is 22.7 Å². The molecule has 0 bridgehead atoms. The van der Waals surface area contributed by atoms with Crippen LogP contribution in [0.15, 0.2) is 48.5 Å². The molecule has 30 heavy (non-hydrogen) atoms. The zero-order chi connectivity index (χ0) is 21.1. The van der Waals surface area contributed by atoms with E-state index >= 15 is 0 Å². The zero-order valence-electron chi connectivity index (χ0n) is 17.3. The lowest BCUT2D eigenvalue weighted by Crippen LogP contribution is -2.30. The summed E-state index contributed by atoms with van der Waals surface area (Å²) in [5, 5.41) is 8.14. The average Bonchev–Trinajstić information content (AvgIpc) is 3.30. The first-order chi connectivity index (χ1) is 14.6. The van der Waals surface area contributed by atoms with Gasteiger partial charge < -0.3 is 9.64 Å². The molecule has 0 spiro atoms. The summed E-state index contributed by atoms with van der Waals surface area (Å²) in [5.74, 6) is 0.844. The minimum absolute atomic E-state index is 0.00663. The molecular weight excluding hydrogens is 398 g/mol. The molecule has 156 valence electrons. The maximum atomic E-state index is 13.1. The number of carbonyl (C=O) groups excluding carboxylic acids is 1. The smallest absolute Gasteiger partial charge is 0.273 e. The number of ether oxygens (including phenoxy) is 1. The lowest BCUT2D eigenvalue weighted by molar-refractivity contribution is 0.0744. The number of aromatic amines is 1. The number of rotatable bonds is 8. The van der Waals surface area contributed by atoms with Crippen molar-refractivity contribution in [2.75, 3.05) is 13.2 Å². The van der Waals surface area contributed by atoms with Gasteiger partial charge in [0.15, 0.2) is 0 Å². The number of amides is 1. The minimum atomic E-state index is -0.179. The number of benzene rings is 2. The van der Waals surface area contributed by atoms with Gasteiger partial charge in [-0.2, -0.15) is 5.10 Å². The standard InChI is InChI=1S/C24H26ClN3O2/c1-3-5-15-30-19-12-8-17(9-13-19)23-20-21(16-6-10-18(25)11-7-16)26-27-22(20)24(29)28(23)14-4-2/h6-13,23H,3-5,14-15H2,1-2H3,(H,26,27). The first-order valence-corrected chi connectivity index (χ1v) is 10.9. The van der Waals surface area contributed by atoms with Gasteiger partial charge in [-0.1, -0.05) is 56.1 Å². The van der Waals surface area contributed by atoms with Gasteiger partial charge in [0.05, 0.1) is 18.3 Å². The summed E-state index contributed by atoms with van der Waals surface area (Å²) in [6, 6.07) is 15.5. The van der Waals surface area contributed by atoms with Gasteiger partial charge in [-0.25, -0.2) is 0 Å². The molecule has 1 N–H and O–H groups in total. The molecule has 0 aliphatic carbocycles. The van der Waals surface area contributed by atoms with Gasteiger partial charge in [0.1, 0.15) is 11.4 Å². The minimum Gasteiger partial charge on any atom is -0.494 e. The van der Waals surface area contributed by atoms with E-state index in [0.29, 0.717) is 23.9 Å². The Hall–Kier alpha value is -2.79. The molecule has 2 aromatic carbocycles. The summed E-state index contributed by atoms with van der Waals surface area (Å²) in [6.07, 6.45) is 3.02. The Morgan fingerprint density at radius 2 is 1.80 bits per heavy atom. The number of halogens is 1. The predicted molar refractivity (Wildman–Crippen MR) is 119 cm³/mol. The first kappa shape index (κ1) is 20.5. The van der Waals surface area contributed by atoms with Crippen molar-refractivity contribution in [2.24, 2.45) is 0 Å². The second-order valence-corrected chi connectivity index (χ2v) is 7.98. The summed E-state index contributed by atoms with van der Waals surface area (Å²) in [4.78, 5) is 15.0. The molecule has 2 heterocycles. The second-order valence-electron chi connectivity index (χ2n) is 7.54. The van der Waals surface area contributed by atoms with E-state index in [-0.39, 0.29) is 11.9 Å². The Morgan fingerprint density at radius 3 is 2.47 bits per heavy atom. The lowest BCUT2D eigenvalue weighted by atomic mass is 9.96. The summed E-state index contributed by atoms with van der Waals surface area (Å²) in [5.41, 5.74) is 4.28. The third-order valence-electron chi connectivity index (χ3n) is 5.41. The molecule has 1 atom stereocenters. The fourth-order valence-corrected chi connectivity index (χ4v) is 4.05. The van der Waals surface area contributed by atoms with Crippen LogP contribution < -0.4 is 4.74 Å². The van der Waals surface area contributed by atoms with Crippen LogP contribution in [0.5, 0.6) is 5.75 Å². The van der Waals surface area contributed by atoms with Crippen molar-refractivity contribution in [1.29, 1.82) is 0 Å². The van der Waals surface area contributed by atoms with Crippen molar-refractivity contribution in [3.8, 4) is 17.0 Å². The fourth-order valence-electron chi connectivity index (χ4n) is 3.92. The van der Waals surface area contributed by atoms with E-state index in [1.165, 1.54) is 0 Å². The predicted octanol–water partition coefficient (Wildman–Crippen LogP) is 5.86. The highest BCUT2D eigenvalue weighted by Gasteiger charge is 2.41. The molecule has 4 rings (SSSR count). The number of hydrogen-bond acceptors (Lipinski definition) is 3. The number of nitrogens with zero attached hydrogens (tertiary/aromatic N) is 2. The van der Waals surface area contributed by atoms with Crippen LogP contribution in [0, 0.1) is 0 Å². The Labute approximate surface area is 182 Å². The van der Waals surface area contributed by atoms with E-state index < -0.39 is 0 Å². The van der Waals surface area contributed by atoms with Crippen LogP contribution in [0.1, 0.15) is 60.8 Å². The van der Waals surface area contributed by atoms with Crippen LogP contribution in [0.4, 0.5) is 0 Å². The average molecular weight is 424 g/mol. The summed E-state index contributed by atoms with van der Waals surface area (Å²) in [6.45, 7) is 5.62. The molecule has 1 unspecified atom stereocenters. The highest BCUT2D eigenvalue weighted by atomic mass is 35.5. The molecule has 1 aromatic heterocycles. The Balaban J connectivity index is 1.72. The third kappa shape index (κ3) is 3.82. The van der Waals surface area contributed by atoms with Gasteiger partial charge in [0.2, 0.25) is 0 Å². The first-order valence-electron chi connectivity index (χ1n) is 10.5. The fraction of sp³-hybridized carbons (Fsp3) is 0.333. The lowest BCUT2D eigenvalue weighted by Gasteiger charge is -2.26. The molecule has 0 saturated heterocycles. The molecule has 1 aliphatic rings. The van der Waals surface area contributed by atoms with Crippen LogP contribution in [-0.2, 0) is 0 Å². The molecule has 0 saturated carbocycles. The molecule has 5 nitrogen and oxygen atoms in total. The van der Waals surface area contributed by atoms with Crippen molar-refractivity contribution in [3.63, 3.8) is 0 Å². The molecular formula is C24H26ClN3O2. The third-order valence-corrected chi connectivity index (χ3v) is 5.66. The highest BCUT2D eigenvalue weighted by Crippen LogP contribution is 2.43. The maximum Gasteiger partial charge on any atom is 0.273 e. The number of nitrogens with one attached hydrogen (secondary N) is 1. The van der Waals surface area contributed by atoms with Crippen molar-refractivity contribution >= 4 is 17.5 Å². The van der Waals surface area contributed by atoms with Crippen molar-refractivity contribution in [2.45, 2.75) is 39.2 Å². The van der Waals surface area contributed by atoms with Gasteiger partial charge >= 0.3 is 0 Å². The molecule has 1 aliphatic heterocycles. The largest absolute Gasteiger partial charge is 0.494 e. The Bertz CT molecular complexity index is 1010. The SMILES string of the molecule is CCCCOc1ccc(C2c3c(-c4ccc(Cl)cc4)n[nH]c3C(=O)N2CCC)cc1. The highest BCUT2D eigenvalue weighted by molar-refractivity contribution is 6.30. The summed E-state index contributed by atoms with van der Waals surface area (Å²) in [7, 11) is 0. The Morgan fingerprint density at radius 1 is 1.07 bits per heavy atom. The van der Waals surface area contributed by atoms with Crippen LogP contribution in [0.3, 0.4) is 0 Å². The number of hydrogen-bond donors (Lipinski definition) is 1. The molecule has 6 heteroatoms. The van der Waals surface area contributed by atoms with Crippen LogP contribution >= 0.6 is 11.6 Å².